The van der Waals surface area contributed by atoms with Crippen LogP contribution >= 0.6 is 0 Å². The molecule has 0 unspecified atom stereocenters. The highest BCUT2D eigenvalue weighted by Crippen LogP contribution is 2.23. The first-order chi connectivity index (χ1) is 10.1. The fourth-order valence-corrected chi connectivity index (χ4v) is 1.70. The molecule has 0 atom stereocenters. The third-order valence-corrected chi connectivity index (χ3v) is 2.81. The van der Waals surface area contributed by atoms with Gasteiger partial charge in [-0.25, -0.2) is 4.79 Å². The number of amides is 1. The van der Waals surface area contributed by atoms with Crippen LogP contribution < -0.4 is 16.4 Å². The van der Waals surface area contributed by atoms with Crippen LogP contribution in [-0.2, 0) is 14.3 Å². The Morgan fingerprint density at radius 1 is 1.24 bits per heavy atom. The molecule has 0 bridgehead atoms. The van der Waals surface area contributed by atoms with Crippen molar-refractivity contribution in [3.63, 3.8) is 0 Å². The summed E-state index contributed by atoms with van der Waals surface area (Å²) in [6.45, 7) is 1.37. The van der Waals surface area contributed by atoms with E-state index >= 15 is 0 Å². The number of ether oxygens (including phenoxy) is 2. The second kappa shape index (κ2) is 8.80. The smallest absolute Gasteiger partial charge is 0.340 e. The number of methoxy groups -OCH3 is 2. The van der Waals surface area contributed by atoms with Gasteiger partial charge in [0, 0.05) is 26.6 Å². The molecule has 0 aromatic heterocycles. The summed E-state index contributed by atoms with van der Waals surface area (Å²) in [5.41, 5.74) is 7.10. The quantitative estimate of drug-likeness (QED) is 0.369. The van der Waals surface area contributed by atoms with Crippen LogP contribution in [0.15, 0.2) is 18.2 Å². The van der Waals surface area contributed by atoms with Gasteiger partial charge in [-0.15, -0.1) is 0 Å². The fourth-order valence-electron chi connectivity index (χ4n) is 1.70. The molecule has 1 aromatic rings. The molecule has 7 heteroatoms. The Bertz CT molecular complexity index is 491. The molecule has 1 aromatic carbocycles. The second-order valence-corrected chi connectivity index (χ2v) is 4.28. The molecule has 0 saturated heterocycles. The van der Waals surface area contributed by atoms with E-state index in [1.165, 1.54) is 7.11 Å². The monoisotopic (exact) mass is 295 g/mol. The van der Waals surface area contributed by atoms with Crippen molar-refractivity contribution >= 4 is 23.3 Å². The summed E-state index contributed by atoms with van der Waals surface area (Å²) < 4.78 is 9.48. The second-order valence-electron chi connectivity index (χ2n) is 4.28. The molecule has 0 fully saturated rings. The van der Waals surface area contributed by atoms with E-state index in [4.69, 9.17) is 10.5 Å². The van der Waals surface area contributed by atoms with Crippen LogP contribution in [0, 0.1) is 0 Å². The van der Waals surface area contributed by atoms with Gasteiger partial charge < -0.3 is 25.8 Å². The highest BCUT2D eigenvalue weighted by atomic mass is 16.5. The first-order valence-electron chi connectivity index (χ1n) is 6.56. The SMILES string of the molecule is COCCNC(=O)CCNc1cccc(C(=O)OC)c1N. The van der Waals surface area contributed by atoms with E-state index in [1.54, 1.807) is 25.3 Å². The third-order valence-electron chi connectivity index (χ3n) is 2.81. The minimum Gasteiger partial charge on any atom is -0.465 e. The van der Waals surface area contributed by atoms with Gasteiger partial charge in [0.1, 0.15) is 0 Å². The number of nitrogens with two attached hydrogens (primary N) is 1. The highest BCUT2D eigenvalue weighted by Gasteiger charge is 2.12. The number of anilines is 2. The molecule has 0 aliphatic rings. The molecule has 0 saturated carbocycles. The van der Waals surface area contributed by atoms with Crippen LogP contribution in [0.25, 0.3) is 0 Å². The average Bonchev–Trinajstić information content (AvgIpc) is 2.48. The molecule has 0 aliphatic heterocycles. The number of benzene rings is 1. The fraction of sp³-hybridized carbons (Fsp3) is 0.429. The summed E-state index contributed by atoms with van der Waals surface area (Å²) in [6.07, 6.45) is 0.297. The molecule has 21 heavy (non-hydrogen) atoms. The summed E-state index contributed by atoms with van der Waals surface area (Å²) >= 11 is 0. The zero-order valence-electron chi connectivity index (χ0n) is 12.3. The normalized spacial score (nSPS) is 10.0. The number of carbonyl (C=O) groups is 2. The summed E-state index contributed by atoms with van der Waals surface area (Å²) in [4.78, 5) is 23.0. The van der Waals surface area contributed by atoms with Crippen LogP contribution in [0.3, 0.4) is 0 Å². The van der Waals surface area contributed by atoms with E-state index in [0.717, 1.165) is 0 Å². The van der Waals surface area contributed by atoms with Crippen molar-refractivity contribution in [1.29, 1.82) is 0 Å². The molecule has 0 heterocycles. The van der Waals surface area contributed by atoms with Crippen LogP contribution in [0.2, 0.25) is 0 Å². The lowest BCUT2D eigenvalue weighted by Gasteiger charge is -2.12. The standard InChI is InChI=1S/C14H21N3O4/c1-20-9-8-17-12(18)6-7-16-11-5-3-4-10(13(11)15)14(19)21-2/h3-5,16H,6-9,15H2,1-2H3,(H,17,18). The van der Waals surface area contributed by atoms with E-state index in [0.29, 0.717) is 43.1 Å². The topological polar surface area (TPSA) is 103 Å². The first-order valence-corrected chi connectivity index (χ1v) is 6.56. The minimum absolute atomic E-state index is 0.0813. The number of nitrogen functional groups attached to an aromatic ring is 1. The molecule has 7 nitrogen and oxygen atoms in total. The minimum atomic E-state index is -0.492. The van der Waals surface area contributed by atoms with Crippen molar-refractivity contribution < 1.29 is 19.1 Å². The number of rotatable bonds is 8. The average molecular weight is 295 g/mol. The Balaban J connectivity index is 2.49. The Morgan fingerprint density at radius 2 is 2.00 bits per heavy atom. The van der Waals surface area contributed by atoms with Crippen molar-refractivity contribution in [2.24, 2.45) is 0 Å². The molecule has 1 amide bonds. The molecule has 0 aliphatic carbocycles. The molecule has 116 valence electrons. The van der Waals surface area contributed by atoms with Crippen LogP contribution in [-0.4, -0.2) is 45.8 Å². The Hall–Kier alpha value is -2.28. The Kier molecular flexibility index (Phi) is 7.03. The summed E-state index contributed by atoms with van der Waals surface area (Å²) in [5.74, 6) is -0.573. The molecule has 4 N–H and O–H groups in total. The first kappa shape index (κ1) is 16.8. The van der Waals surface area contributed by atoms with Crippen molar-refractivity contribution in [2.45, 2.75) is 6.42 Å². The lowest BCUT2D eigenvalue weighted by molar-refractivity contribution is -0.121. The van der Waals surface area contributed by atoms with Gasteiger partial charge in [-0.2, -0.15) is 0 Å². The Morgan fingerprint density at radius 3 is 2.67 bits per heavy atom. The zero-order valence-corrected chi connectivity index (χ0v) is 12.3. The maximum atomic E-state index is 11.5. The molecule has 0 spiro atoms. The number of carbonyl (C=O) groups excluding carboxylic acids is 2. The molecule has 0 radical (unpaired) electrons. The van der Waals surface area contributed by atoms with E-state index in [2.05, 4.69) is 15.4 Å². The summed E-state index contributed by atoms with van der Waals surface area (Å²) in [5, 5.41) is 5.74. The zero-order chi connectivity index (χ0) is 15.7. The van der Waals surface area contributed by atoms with E-state index in [-0.39, 0.29) is 5.91 Å². The van der Waals surface area contributed by atoms with Gasteiger partial charge in [0.2, 0.25) is 5.91 Å². The predicted molar refractivity (Wildman–Crippen MR) is 80.2 cm³/mol. The van der Waals surface area contributed by atoms with Gasteiger partial charge in [0.15, 0.2) is 0 Å². The molecular weight excluding hydrogens is 274 g/mol. The van der Waals surface area contributed by atoms with Gasteiger partial charge in [-0.1, -0.05) is 6.07 Å². The maximum Gasteiger partial charge on any atom is 0.340 e. The van der Waals surface area contributed by atoms with Gasteiger partial charge in [-0.3, -0.25) is 4.79 Å². The largest absolute Gasteiger partial charge is 0.465 e. The van der Waals surface area contributed by atoms with Crippen LogP contribution in [0.5, 0.6) is 0 Å². The van der Waals surface area contributed by atoms with Gasteiger partial charge in [0.25, 0.3) is 0 Å². The molecular formula is C14H21N3O4. The van der Waals surface area contributed by atoms with Crippen LogP contribution in [0.1, 0.15) is 16.8 Å². The lowest BCUT2D eigenvalue weighted by atomic mass is 10.1. The molecule has 1 rings (SSSR count). The van der Waals surface area contributed by atoms with Crippen molar-refractivity contribution in [2.75, 3.05) is 45.0 Å². The number of hydrogen-bond acceptors (Lipinski definition) is 6. The lowest BCUT2D eigenvalue weighted by Crippen LogP contribution is -2.28. The predicted octanol–water partition coefficient (Wildman–Crippen LogP) is 0.620. The van der Waals surface area contributed by atoms with E-state index in [9.17, 15) is 9.59 Å². The van der Waals surface area contributed by atoms with E-state index < -0.39 is 5.97 Å². The summed E-state index contributed by atoms with van der Waals surface area (Å²) in [6, 6.07) is 5.03. The highest BCUT2D eigenvalue weighted by molar-refractivity contribution is 5.98. The van der Waals surface area contributed by atoms with Crippen LogP contribution in [0.4, 0.5) is 11.4 Å². The number of esters is 1. The number of nitrogens with one attached hydrogen (secondary N) is 2. The summed E-state index contributed by atoms with van der Waals surface area (Å²) in [7, 11) is 2.87. The van der Waals surface area contributed by atoms with Gasteiger partial charge >= 0.3 is 5.97 Å². The van der Waals surface area contributed by atoms with E-state index in [1.807, 2.05) is 0 Å². The van der Waals surface area contributed by atoms with Crippen molar-refractivity contribution in [3.05, 3.63) is 23.8 Å². The number of hydrogen-bond donors (Lipinski definition) is 3. The van der Waals surface area contributed by atoms with Gasteiger partial charge in [-0.05, 0) is 12.1 Å². The number of para-hydroxylation sites is 1. The van der Waals surface area contributed by atoms with Crippen molar-refractivity contribution in [3.8, 4) is 0 Å². The third kappa shape index (κ3) is 5.31. The Labute approximate surface area is 123 Å². The van der Waals surface area contributed by atoms with Gasteiger partial charge in [0.05, 0.1) is 30.7 Å². The van der Waals surface area contributed by atoms with Crippen molar-refractivity contribution in [1.82, 2.24) is 5.32 Å². The maximum absolute atomic E-state index is 11.5.